The van der Waals surface area contributed by atoms with Gasteiger partial charge in [0.2, 0.25) is 5.88 Å². The first-order chi connectivity index (χ1) is 14.4. The lowest BCUT2D eigenvalue weighted by molar-refractivity contribution is -0.384. The van der Waals surface area contributed by atoms with Crippen molar-refractivity contribution >= 4 is 17.4 Å². The molecule has 0 saturated heterocycles. The molecule has 1 atom stereocenters. The molecule has 0 bridgehead atoms. The molecule has 0 spiro atoms. The smallest absolute Gasteiger partial charge is 0.338 e. The van der Waals surface area contributed by atoms with Gasteiger partial charge in [-0.05, 0) is 24.6 Å². The highest BCUT2D eigenvalue weighted by Crippen LogP contribution is 2.43. The lowest BCUT2D eigenvalue weighted by Gasteiger charge is -2.28. The summed E-state index contributed by atoms with van der Waals surface area (Å²) in [6, 6.07) is 13.4. The van der Waals surface area contributed by atoms with Crippen LogP contribution >= 0.6 is 0 Å². The fraction of sp³-hybridized carbons (Fsp3) is 0.143. The third-order valence-electron chi connectivity index (χ3n) is 4.46. The standard InChI is InChI=1S/C21H17N3O6/c1-2-29-21(26)18-17(12-6-8-15(25)9-7-12)16(11-22)20(23)30-19(18)13-4-3-5-14(10-13)24(27)28/h3-10,17,25H,2,23H2,1H3. The summed E-state index contributed by atoms with van der Waals surface area (Å²) < 4.78 is 10.8. The van der Waals surface area contributed by atoms with E-state index in [0.29, 0.717) is 5.56 Å². The van der Waals surface area contributed by atoms with Crippen molar-refractivity contribution in [2.75, 3.05) is 6.61 Å². The van der Waals surface area contributed by atoms with Crippen molar-refractivity contribution in [1.29, 1.82) is 5.26 Å². The average molecular weight is 407 g/mol. The molecule has 2 aromatic carbocycles. The second-order valence-corrected chi connectivity index (χ2v) is 6.29. The molecule has 152 valence electrons. The van der Waals surface area contributed by atoms with E-state index in [1.165, 1.54) is 36.4 Å². The van der Waals surface area contributed by atoms with Gasteiger partial charge in [-0.15, -0.1) is 0 Å². The first kappa shape index (κ1) is 20.4. The number of nitro groups is 1. The molecule has 3 N–H and O–H groups in total. The zero-order chi connectivity index (χ0) is 21.8. The van der Waals surface area contributed by atoms with Crippen LogP contribution in [0.3, 0.4) is 0 Å². The second-order valence-electron chi connectivity index (χ2n) is 6.29. The predicted octanol–water partition coefficient (Wildman–Crippen LogP) is 3.08. The van der Waals surface area contributed by atoms with Crippen molar-refractivity contribution < 1.29 is 24.3 Å². The van der Waals surface area contributed by atoms with E-state index >= 15 is 0 Å². The predicted molar refractivity (Wildman–Crippen MR) is 105 cm³/mol. The minimum absolute atomic E-state index is 0.00170. The maximum absolute atomic E-state index is 12.9. The van der Waals surface area contributed by atoms with Crippen LogP contribution in [-0.4, -0.2) is 22.6 Å². The molecule has 1 heterocycles. The van der Waals surface area contributed by atoms with Gasteiger partial charge in [0, 0.05) is 17.7 Å². The summed E-state index contributed by atoms with van der Waals surface area (Å²) in [6.45, 7) is 1.69. The molecular weight excluding hydrogens is 390 g/mol. The van der Waals surface area contributed by atoms with E-state index in [2.05, 4.69) is 0 Å². The summed E-state index contributed by atoms with van der Waals surface area (Å²) in [4.78, 5) is 23.5. The minimum Gasteiger partial charge on any atom is -0.508 e. The van der Waals surface area contributed by atoms with Crippen LogP contribution in [0.5, 0.6) is 5.75 Å². The lowest BCUT2D eigenvalue weighted by Crippen LogP contribution is -2.25. The van der Waals surface area contributed by atoms with Gasteiger partial charge in [-0.1, -0.05) is 24.3 Å². The Labute approximate surface area is 171 Å². The molecule has 9 nitrogen and oxygen atoms in total. The van der Waals surface area contributed by atoms with Crippen molar-refractivity contribution in [2.45, 2.75) is 12.8 Å². The Morgan fingerprint density at radius 1 is 1.33 bits per heavy atom. The number of phenols is 1. The van der Waals surface area contributed by atoms with E-state index in [4.69, 9.17) is 15.2 Å². The number of nitrogens with two attached hydrogens (primary N) is 1. The topological polar surface area (TPSA) is 149 Å². The monoisotopic (exact) mass is 407 g/mol. The van der Waals surface area contributed by atoms with Gasteiger partial charge in [-0.25, -0.2) is 4.79 Å². The Morgan fingerprint density at radius 3 is 2.63 bits per heavy atom. The zero-order valence-corrected chi connectivity index (χ0v) is 15.9. The minimum atomic E-state index is -0.947. The van der Waals surface area contributed by atoms with Crippen LogP contribution in [-0.2, 0) is 14.3 Å². The third kappa shape index (κ3) is 3.79. The maximum Gasteiger partial charge on any atom is 0.338 e. The van der Waals surface area contributed by atoms with E-state index in [1.54, 1.807) is 19.1 Å². The molecule has 0 aliphatic carbocycles. The normalized spacial score (nSPS) is 15.9. The molecule has 30 heavy (non-hydrogen) atoms. The number of non-ortho nitro benzene ring substituents is 1. The number of nitrogens with zero attached hydrogens (tertiary/aromatic N) is 2. The number of phenolic OH excluding ortho intramolecular Hbond substituents is 1. The van der Waals surface area contributed by atoms with Crippen LogP contribution in [0.1, 0.15) is 24.0 Å². The van der Waals surface area contributed by atoms with Gasteiger partial charge in [0.1, 0.15) is 23.2 Å². The molecule has 1 unspecified atom stereocenters. The van der Waals surface area contributed by atoms with E-state index in [0.717, 1.165) is 0 Å². The van der Waals surface area contributed by atoms with Crippen LogP contribution in [0.2, 0.25) is 0 Å². The Bertz CT molecular complexity index is 1110. The molecule has 9 heteroatoms. The van der Waals surface area contributed by atoms with Gasteiger partial charge in [0.25, 0.3) is 5.69 Å². The lowest BCUT2D eigenvalue weighted by atomic mass is 9.82. The molecule has 0 aromatic heterocycles. The fourth-order valence-electron chi connectivity index (χ4n) is 3.15. The van der Waals surface area contributed by atoms with Crippen LogP contribution in [0.15, 0.2) is 65.6 Å². The SMILES string of the molecule is CCOC(=O)C1=C(c2cccc([N+](=O)[O-])c2)OC(N)=C(C#N)C1c1ccc(O)cc1. The number of hydrogen-bond donors (Lipinski definition) is 2. The molecular formula is C21H17N3O6. The number of allylic oxidation sites excluding steroid dienone is 1. The Kier molecular flexibility index (Phi) is 5.69. The summed E-state index contributed by atoms with van der Waals surface area (Å²) in [6.07, 6.45) is 0. The highest BCUT2D eigenvalue weighted by molar-refractivity contribution is 6.00. The van der Waals surface area contributed by atoms with Gasteiger partial charge in [0.15, 0.2) is 0 Å². The maximum atomic E-state index is 12.9. The average Bonchev–Trinajstić information content (AvgIpc) is 2.73. The van der Waals surface area contributed by atoms with Crippen molar-refractivity contribution in [2.24, 2.45) is 5.73 Å². The number of hydrogen-bond acceptors (Lipinski definition) is 8. The van der Waals surface area contributed by atoms with E-state index < -0.39 is 16.8 Å². The third-order valence-corrected chi connectivity index (χ3v) is 4.46. The second kappa shape index (κ2) is 8.36. The van der Waals surface area contributed by atoms with Crippen LogP contribution < -0.4 is 5.73 Å². The van der Waals surface area contributed by atoms with Crippen molar-refractivity contribution in [3.63, 3.8) is 0 Å². The first-order valence-corrected chi connectivity index (χ1v) is 8.90. The molecule has 2 aromatic rings. The number of nitro benzene ring substituents is 1. The number of rotatable bonds is 5. The number of aromatic hydroxyl groups is 1. The summed E-state index contributed by atoms with van der Waals surface area (Å²) in [5, 5.41) is 30.5. The number of ether oxygens (including phenoxy) is 2. The van der Waals surface area contributed by atoms with E-state index in [-0.39, 0.29) is 46.4 Å². The fourth-order valence-corrected chi connectivity index (χ4v) is 3.15. The quantitative estimate of drug-likeness (QED) is 0.436. The summed E-state index contributed by atoms with van der Waals surface area (Å²) in [5.74, 6) is -1.96. The van der Waals surface area contributed by atoms with Gasteiger partial charge < -0.3 is 20.3 Å². The molecule has 0 amide bonds. The van der Waals surface area contributed by atoms with Gasteiger partial charge in [0.05, 0.1) is 23.0 Å². The van der Waals surface area contributed by atoms with E-state index in [1.807, 2.05) is 6.07 Å². The van der Waals surface area contributed by atoms with Crippen LogP contribution in [0.4, 0.5) is 5.69 Å². The number of benzene rings is 2. The van der Waals surface area contributed by atoms with Crippen molar-refractivity contribution in [3.8, 4) is 11.8 Å². The van der Waals surface area contributed by atoms with E-state index in [9.17, 15) is 25.3 Å². The number of carbonyl (C=O) groups excluding carboxylic acids is 1. The highest BCUT2D eigenvalue weighted by atomic mass is 16.6. The van der Waals surface area contributed by atoms with Gasteiger partial charge in [-0.2, -0.15) is 5.26 Å². The molecule has 0 fully saturated rings. The highest BCUT2D eigenvalue weighted by Gasteiger charge is 2.38. The number of esters is 1. The zero-order valence-electron chi connectivity index (χ0n) is 15.9. The number of carbonyl (C=O) groups is 1. The molecule has 1 aliphatic heterocycles. The number of nitriles is 1. The van der Waals surface area contributed by atoms with Gasteiger partial charge >= 0.3 is 5.97 Å². The molecule has 3 rings (SSSR count). The Hall–Kier alpha value is -4.32. The molecule has 1 aliphatic rings. The molecule has 0 saturated carbocycles. The summed E-state index contributed by atoms with van der Waals surface area (Å²) >= 11 is 0. The largest absolute Gasteiger partial charge is 0.508 e. The Balaban J connectivity index is 2.29. The van der Waals surface area contributed by atoms with Crippen molar-refractivity contribution in [1.82, 2.24) is 0 Å². The van der Waals surface area contributed by atoms with Gasteiger partial charge in [-0.3, -0.25) is 10.1 Å². The van der Waals surface area contributed by atoms with Crippen LogP contribution in [0, 0.1) is 21.4 Å². The van der Waals surface area contributed by atoms with Crippen LogP contribution in [0.25, 0.3) is 5.76 Å². The van der Waals surface area contributed by atoms with Crippen molar-refractivity contribution in [3.05, 3.63) is 86.8 Å². The molecule has 0 radical (unpaired) electrons. The first-order valence-electron chi connectivity index (χ1n) is 8.90. The summed E-state index contributed by atoms with van der Waals surface area (Å²) in [7, 11) is 0. The Morgan fingerprint density at radius 2 is 2.03 bits per heavy atom. The summed E-state index contributed by atoms with van der Waals surface area (Å²) in [5.41, 5.74) is 6.45.